The Morgan fingerprint density at radius 3 is 2.44 bits per heavy atom. The Hall–Kier alpha value is -1.90. The first-order chi connectivity index (χ1) is 8.83. The van der Waals surface area contributed by atoms with Crippen LogP contribution in [-0.4, -0.2) is 16.5 Å². The van der Waals surface area contributed by atoms with Crippen molar-refractivity contribution in [2.75, 3.05) is 11.4 Å². The lowest BCUT2D eigenvalue weighted by Gasteiger charge is -2.24. The Bertz CT molecular complexity index is 482. The molecule has 0 aliphatic heterocycles. The van der Waals surface area contributed by atoms with Crippen LogP contribution in [0.2, 0.25) is 0 Å². The Balaban J connectivity index is 2.34. The van der Waals surface area contributed by atoms with Crippen LogP contribution < -0.4 is 4.90 Å². The predicted octanol–water partition coefficient (Wildman–Crippen LogP) is 3.72. The van der Waals surface area contributed by atoms with Gasteiger partial charge in [-0.15, -0.1) is 0 Å². The molecule has 0 atom stereocenters. The van der Waals surface area contributed by atoms with Crippen LogP contribution in [0.1, 0.15) is 25.5 Å². The van der Waals surface area contributed by atoms with E-state index in [2.05, 4.69) is 46.1 Å². The molecule has 1 heterocycles. The van der Waals surface area contributed by atoms with Gasteiger partial charge in [-0.2, -0.15) is 0 Å². The SMILES string of the molecule is CCCCN(c1ccccc1)c1nccnc1C. The van der Waals surface area contributed by atoms with Crippen molar-refractivity contribution in [2.45, 2.75) is 26.7 Å². The zero-order chi connectivity index (χ0) is 12.8. The summed E-state index contributed by atoms with van der Waals surface area (Å²) in [5.41, 5.74) is 2.15. The number of para-hydroxylation sites is 1. The van der Waals surface area contributed by atoms with Crippen LogP contribution in [-0.2, 0) is 0 Å². The summed E-state index contributed by atoms with van der Waals surface area (Å²) in [7, 11) is 0. The third-order valence-corrected chi connectivity index (χ3v) is 2.91. The van der Waals surface area contributed by atoms with Crippen LogP contribution in [0.5, 0.6) is 0 Å². The van der Waals surface area contributed by atoms with Gasteiger partial charge in [-0.25, -0.2) is 4.98 Å². The van der Waals surface area contributed by atoms with E-state index < -0.39 is 0 Å². The fourth-order valence-corrected chi connectivity index (χ4v) is 1.95. The van der Waals surface area contributed by atoms with Gasteiger partial charge >= 0.3 is 0 Å². The van der Waals surface area contributed by atoms with E-state index in [1.165, 1.54) is 12.1 Å². The fourth-order valence-electron chi connectivity index (χ4n) is 1.95. The van der Waals surface area contributed by atoms with Gasteiger partial charge in [0.15, 0.2) is 5.82 Å². The van der Waals surface area contributed by atoms with Gasteiger partial charge in [0.1, 0.15) is 0 Å². The van der Waals surface area contributed by atoms with E-state index in [0.29, 0.717) is 0 Å². The van der Waals surface area contributed by atoms with Gasteiger partial charge in [0.25, 0.3) is 0 Å². The largest absolute Gasteiger partial charge is 0.325 e. The van der Waals surface area contributed by atoms with Crippen LogP contribution in [0, 0.1) is 6.92 Å². The van der Waals surface area contributed by atoms with Crippen molar-refractivity contribution >= 4 is 11.5 Å². The Morgan fingerprint density at radius 2 is 1.78 bits per heavy atom. The van der Waals surface area contributed by atoms with Crippen LogP contribution in [0.3, 0.4) is 0 Å². The van der Waals surface area contributed by atoms with E-state index in [1.54, 1.807) is 12.4 Å². The van der Waals surface area contributed by atoms with Gasteiger partial charge in [-0.1, -0.05) is 31.5 Å². The summed E-state index contributed by atoms with van der Waals surface area (Å²) in [6, 6.07) is 10.4. The number of anilines is 2. The van der Waals surface area contributed by atoms with Gasteiger partial charge in [-0.05, 0) is 25.5 Å². The molecule has 2 rings (SSSR count). The van der Waals surface area contributed by atoms with E-state index >= 15 is 0 Å². The molecule has 0 saturated carbocycles. The highest BCUT2D eigenvalue weighted by Crippen LogP contribution is 2.25. The van der Waals surface area contributed by atoms with Crippen LogP contribution >= 0.6 is 0 Å². The number of hydrogen-bond donors (Lipinski definition) is 0. The first-order valence-corrected chi connectivity index (χ1v) is 6.43. The number of aryl methyl sites for hydroxylation is 1. The normalized spacial score (nSPS) is 10.3. The standard InChI is InChI=1S/C15H19N3/c1-3-4-12-18(14-8-6-5-7-9-14)15-13(2)16-10-11-17-15/h5-11H,3-4,12H2,1-2H3. The average Bonchev–Trinajstić information content (AvgIpc) is 2.42. The van der Waals surface area contributed by atoms with Gasteiger partial charge in [0, 0.05) is 24.6 Å². The molecule has 1 aromatic heterocycles. The molecule has 0 spiro atoms. The molecule has 0 saturated heterocycles. The molecule has 0 amide bonds. The third-order valence-electron chi connectivity index (χ3n) is 2.91. The van der Waals surface area contributed by atoms with E-state index in [-0.39, 0.29) is 0 Å². The highest BCUT2D eigenvalue weighted by atomic mass is 15.2. The summed E-state index contributed by atoms with van der Waals surface area (Å²) < 4.78 is 0. The lowest BCUT2D eigenvalue weighted by Crippen LogP contribution is -2.20. The molecule has 1 aromatic carbocycles. The summed E-state index contributed by atoms with van der Waals surface area (Å²) in [6.07, 6.45) is 5.81. The maximum absolute atomic E-state index is 4.47. The first-order valence-electron chi connectivity index (χ1n) is 6.43. The van der Waals surface area contributed by atoms with E-state index in [9.17, 15) is 0 Å². The molecule has 2 aromatic rings. The molecule has 0 bridgehead atoms. The molecule has 3 nitrogen and oxygen atoms in total. The molecule has 94 valence electrons. The van der Waals surface area contributed by atoms with Crippen molar-refractivity contribution < 1.29 is 0 Å². The maximum atomic E-state index is 4.47. The monoisotopic (exact) mass is 241 g/mol. The molecule has 0 radical (unpaired) electrons. The fraction of sp³-hybridized carbons (Fsp3) is 0.333. The van der Waals surface area contributed by atoms with Crippen molar-refractivity contribution in [3.05, 3.63) is 48.4 Å². The molecule has 0 aliphatic rings. The number of aromatic nitrogens is 2. The Labute approximate surface area is 109 Å². The number of unbranched alkanes of at least 4 members (excludes halogenated alkanes) is 1. The smallest absolute Gasteiger partial charge is 0.154 e. The number of benzene rings is 1. The minimum Gasteiger partial charge on any atom is -0.325 e. The zero-order valence-electron chi connectivity index (χ0n) is 11.0. The van der Waals surface area contributed by atoms with Crippen molar-refractivity contribution in [3.63, 3.8) is 0 Å². The molecule has 0 N–H and O–H groups in total. The average molecular weight is 241 g/mol. The molecule has 0 aliphatic carbocycles. The minimum atomic E-state index is 0.956. The maximum Gasteiger partial charge on any atom is 0.154 e. The van der Waals surface area contributed by atoms with Crippen molar-refractivity contribution in [1.82, 2.24) is 9.97 Å². The van der Waals surface area contributed by atoms with E-state index in [0.717, 1.165) is 24.5 Å². The van der Waals surface area contributed by atoms with Gasteiger partial charge in [-0.3, -0.25) is 4.98 Å². The molecular formula is C15H19N3. The van der Waals surface area contributed by atoms with Crippen LogP contribution in [0.25, 0.3) is 0 Å². The molecule has 0 unspecified atom stereocenters. The molecular weight excluding hydrogens is 222 g/mol. The van der Waals surface area contributed by atoms with Crippen molar-refractivity contribution in [3.8, 4) is 0 Å². The lowest BCUT2D eigenvalue weighted by atomic mass is 10.2. The second-order valence-electron chi connectivity index (χ2n) is 4.31. The summed E-state index contributed by atoms with van der Waals surface area (Å²) in [4.78, 5) is 11.0. The summed E-state index contributed by atoms with van der Waals surface area (Å²) in [6.45, 7) is 5.18. The molecule has 0 fully saturated rings. The number of nitrogens with zero attached hydrogens (tertiary/aromatic N) is 3. The summed E-state index contributed by atoms with van der Waals surface area (Å²) in [5, 5.41) is 0. The highest BCUT2D eigenvalue weighted by Gasteiger charge is 2.12. The summed E-state index contributed by atoms with van der Waals surface area (Å²) >= 11 is 0. The number of rotatable bonds is 5. The second-order valence-corrected chi connectivity index (χ2v) is 4.31. The third kappa shape index (κ3) is 2.86. The Morgan fingerprint density at radius 1 is 1.06 bits per heavy atom. The van der Waals surface area contributed by atoms with Crippen LogP contribution in [0.15, 0.2) is 42.7 Å². The van der Waals surface area contributed by atoms with Crippen LogP contribution in [0.4, 0.5) is 11.5 Å². The zero-order valence-corrected chi connectivity index (χ0v) is 11.0. The quantitative estimate of drug-likeness (QED) is 0.798. The number of hydrogen-bond acceptors (Lipinski definition) is 3. The van der Waals surface area contributed by atoms with Crippen molar-refractivity contribution in [2.24, 2.45) is 0 Å². The second kappa shape index (κ2) is 6.15. The molecule has 3 heteroatoms. The predicted molar refractivity (Wildman–Crippen MR) is 75.1 cm³/mol. The minimum absolute atomic E-state index is 0.956. The van der Waals surface area contributed by atoms with Gasteiger partial charge in [0.05, 0.1) is 5.69 Å². The highest BCUT2D eigenvalue weighted by molar-refractivity contribution is 5.61. The Kier molecular flexibility index (Phi) is 4.29. The van der Waals surface area contributed by atoms with Crippen molar-refractivity contribution in [1.29, 1.82) is 0 Å². The topological polar surface area (TPSA) is 29.0 Å². The first kappa shape index (κ1) is 12.6. The van der Waals surface area contributed by atoms with Gasteiger partial charge in [0.2, 0.25) is 0 Å². The van der Waals surface area contributed by atoms with E-state index in [1.807, 2.05) is 13.0 Å². The summed E-state index contributed by atoms with van der Waals surface area (Å²) in [5.74, 6) is 0.956. The van der Waals surface area contributed by atoms with Gasteiger partial charge < -0.3 is 4.90 Å². The molecule has 18 heavy (non-hydrogen) atoms. The van der Waals surface area contributed by atoms with E-state index in [4.69, 9.17) is 0 Å². The lowest BCUT2D eigenvalue weighted by molar-refractivity contribution is 0.775.